The summed E-state index contributed by atoms with van der Waals surface area (Å²) in [5.74, 6) is 0. The molecule has 0 amide bonds. The minimum Gasteiger partial charge on any atom is -0.193 e. The molecule has 0 bridgehead atoms. The van der Waals surface area contributed by atoms with E-state index in [0.717, 1.165) is 0 Å². The fraction of sp³-hybridized carbons (Fsp3) is 0. The van der Waals surface area contributed by atoms with Gasteiger partial charge in [-0.15, -0.1) is 0 Å². The van der Waals surface area contributed by atoms with Crippen molar-refractivity contribution in [3.8, 4) is 0 Å². The number of isothiocyanates is 1. The summed E-state index contributed by atoms with van der Waals surface area (Å²) in [5.41, 5.74) is 0.563. The molecule has 0 aliphatic rings. The molecule has 1 nitrogen and oxygen atoms in total. The Balaban J connectivity index is 3.49. The molecule has 6 heteroatoms. The summed E-state index contributed by atoms with van der Waals surface area (Å²) in [5, 5.41) is 3.20. The number of nitrogens with zero attached hydrogens (tertiary/aromatic N) is 1. The lowest BCUT2D eigenvalue weighted by Gasteiger charge is -2.04. The summed E-state index contributed by atoms with van der Waals surface area (Å²) in [6.45, 7) is 0. The minimum absolute atomic E-state index is 0.469. The number of hydrogen-bond acceptors (Lipinski definition) is 2. The van der Waals surface area contributed by atoms with E-state index in [4.69, 9.17) is 23.2 Å². The fourth-order valence-electron chi connectivity index (χ4n) is 0.691. The topological polar surface area (TPSA) is 12.4 Å². The highest BCUT2D eigenvalue weighted by atomic mass is 79.9. The van der Waals surface area contributed by atoms with Crippen molar-refractivity contribution in [2.75, 3.05) is 0 Å². The second kappa shape index (κ2) is 4.87. The van der Waals surface area contributed by atoms with Crippen molar-refractivity contribution in [2.24, 2.45) is 4.99 Å². The molecule has 0 aliphatic carbocycles. The Morgan fingerprint density at radius 2 is 1.92 bits per heavy atom. The van der Waals surface area contributed by atoms with E-state index in [1.807, 2.05) is 0 Å². The molecule has 0 unspecified atom stereocenters. The summed E-state index contributed by atoms with van der Waals surface area (Å²) in [6.07, 6.45) is 0. The zero-order valence-corrected chi connectivity index (χ0v) is 11.4. The predicted molar refractivity (Wildman–Crippen MR) is 66.5 cm³/mol. The number of rotatable bonds is 1. The third-order valence-corrected chi connectivity index (χ3v) is 4.33. The van der Waals surface area contributed by atoms with E-state index in [2.05, 4.69) is 54.2 Å². The average Bonchev–Trinajstić information content (AvgIpc) is 2.11. The minimum atomic E-state index is 0.469. The van der Waals surface area contributed by atoms with E-state index in [-0.39, 0.29) is 0 Å². The van der Waals surface area contributed by atoms with Gasteiger partial charge in [-0.05, 0) is 50.1 Å². The molecule has 0 radical (unpaired) electrons. The highest BCUT2D eigenvalue weighted by Crippen LogP contribution is 2.42. The highest BCUT2D eigenvalue weighted by molar-refractivity contribution is 9.11. The maximum atomic E-state index is 5.92. The van der Waals surface area contributed by atoms with Gasteiger partial charge in [0, 0.05) is 0 Å². The number of benzene rings is 1. The van der Waals surface area contributed by atoms with Gasteiger partial charge in [0.25, 0.3) is 0 Å². The van der Waals surface area contributed by atoms with Crippen molar-refractivity contribution in [2.45, 2.75) is 0 Å². The van der Waals surface area contributed by atoms with Gasteiger partial charge in [0.15, 0.2) is 0 Å². The first-order chi connectivity index (χ1) is 6.07. The maximum Gasteiger partial charge on any atom is 0.0912 e. The van der Waals surface area contributed by atoms with Gasteiger partial charge in [-0.3, -0.25) is 0 Å². The largest absolute Gasteiger partial charge is 0.193 e. The summed E-state index contributed by atoms with van der Waals surface area (Å²) in [7, 11) is 0. The van der Waals surface area contributed by atoms with Crippen LogP contribution in [0.3, 0.4) is 0 Å². The van der Waals surface area contributed by atoms with Crippen LogP contribution in [-0.4, -0.2) is 5.16 Å². The first-order valence-corrected chi connectivity index (χ1v) is 5.73. The van der Waals surface area contributed by atoms with Gasteiger partial charge < -0.3 is 0 Å². The smallest absolute Gasteiger partial charge is 0.0912 e. The molecule has 0 fully saturated rings. The van der Waals surface area contributed by atoms with Crippen LogP contribution in [-0.2, 0) is 0 Å². The molecule has 1 aromatic carbocycles. The molecule has 1 rings (SSSR count). The molecular formula is C7HBr2Cl2NS. The Labute approximate surface area is 107 Å². The fourth-order valence-corrected chi connectivity index (χ4v) is 2.21. The van der Waals surface area contributed by atoms with Gasteiger partial charge in [-0.2, -0.15) is 4.99 Å². The van der Waals surface area contributed by atoms with Crippen LogP contribution in [0.1, 0.15) is 0 Å². The van der Waals surface area contributed by atoms with Crippen molar-refractivity contribution in [3.63, 3.8) is 0 Å². The van der Waals surface area contributed by atoms with Crippen molar-refractivity contribution in [1.29, 1.82) is 0 Å². The predicted octanol–water partition coefficient (Wildman–Crippen LogP) is 5.25. The van der Waals surface area contributed by atoms with Crippen LogP contribution in [0.2, 0.25) is 10.0 Å². The lowest BCUT2D eigenvalue weighted by atomic mass is 10.3. The SMILES string of the molecule is S=C=Nc1cc(Cl)c(Br)c(Cl)c1Br. The van der Waals surface area contributed by atoms with Crippen LogP contribution >= 0.6 is 67.3 Å². The second-order valence-electron chi connectivity index (χ2n) is 2.02. The van der Waals surface area contributed by atoms with Crippen molar-refractivity contribution < 1.29 is 0 Å². The number of aliphatic imine (C=N–C) groups is 1. The van der Waals surface area contributed by atoms with E-state index in [1.54, 1.807) is 6.07 Å². The first-order valence-electron chi connectivity index (χ1n) is 2.98. The Kier molecular flexibility index (Phi) is 4.36. The van der Waals surface area contributed by atoms with Crippen molar-refractivity contribution in [1.82, 2.24) is 0 Å². The molecule has 68 valence electrons. The highest BCUT2D eigenvalue weighted by Gasteiger charge is 2.11. The molecule has 0 heterocycles. The Morgan fingerprint density at radius 3 is 2.46 bits per heavy atom. The van der Waals surface area contributed by atoms with Crippen molar-refractivity contribution in [3.05, 3.63) is 25.1 Å². The third kappa shape index (κ3) is 2.52. The monoisotopic (exact) mass is 359 g/mol. The molecule has 0 aromatic heterocycles. The quantitative estimate of drug-likeness (QED) is 0.288. The van der Waals surface area contributed by atoms with Crippen LogP contribution in [0.25, 0.3) is 0 Å². The Hall–Kier alpha value is 0.560. The molecule has 0 saturated carbocycles. The zero-order valence-electron chi connectivity index (χ0n) is 5.94. The van der Waals surface area contributed by atoms with Crippen LogP contribution in [0, 0.1) is 0 Å². The number of thiocarbonyl (C=S) groups is 1. The van der Waals surface area contributed by atoms with Crippen molar-refractivity contribution >= 4 is 78.1 Å². The summed E-state index contributed by atoms with van der Waals surface area (Å²) >= 11 is 22.8. The van der Waals surface area contributed by atoms with E-state index in [9.17, 15) is 0 Å². The van der Waals surface area contributed by atoms with Gasteiger partial charge >= 0.3 is 0 Å². The average molecular weight is 362 g/mol. The van der Waals surface area contributed by atoms with E-state index in [1.165, 1.54) is 0 Å². The third-order valence-electron chi connectivity index (χ3n) is 1.25. The number of hydrogen-bond donors (Lipinski definition) is 0. The number of halogens is 4. The standard InChI is InChI=1S/C7HBr2Cl2NS/c8-5-3(10)1-4(12-2-13)6(9)7(5)11/h1H. The van der Waals surface area contributed by atoms with E-state index < -0.39 is 0 Å². The zero-order chi connectivity index (χ0) is 10.0. The second-order valence-corrected chi connectivity index (χ2v) is 4.58. The summed E-state index contributed by atoms with van der Waals surface area (Å²) in [4.78, 5) is 3.80. The van der Waals surface area contributed by atoms with Gasteiger partial charge in [-0.25, -0.2) is 0 Å². The van der Waals surface area contributed by atoms with Crippen LogP contribution in [0.5, 0.6) is 0 Å². The van der Waals surface area contributed by atoms with E-state index >= 15 is 0 Å². The van der Waals surface area contributed by atoms with E-state index in [0.29, 0.717) is 24.7 Å². The van der Waals surface area contributed by atoms with Gasteiger partial charge in [0.2, 0.25) is 0 Å². The maximum absolute atomic E-state index is 5.92. The van der Waals surface area contributed by atoms with Crippen LogP contribution in [0.4, 0.5) is 5.69 Å². The van der Waals surface area contributed by atoms with Gasteiger partial charge in [0.1, 0.15) is 0 Å². The summed E-state index contributed by atoms with van der Waals surface area (Å²) in [6, 6.07) is 1.64. The van der Waals surface area contributed by atoms with Crippen LogP contribution < -0.4 is 0 Å². The van der Waals surface area contributed by atoms with Gasteiger partial charge in [0.05, 0.1) is 29.8 Å². The van der Waals surface area contributed by atoms with Crippen LogP contribution in [0.15, 0.2) is 20.0 Å². The lowest BCUT2D eigenvalue weighted by molar-refractivity contribution is 1.49. The summed E-state index contributed by atoms with van der Waals surface area (Å²) < 4.78 is 1.27. The Bertz CT molecular complexity index is 402. The first kappa shape index (κ1) is 11.6. The Morgan fingerprint density at radius 1 is 1.31 bits per heavy atom. The normalized spacial score (nSPS) is 9.54. The molecule has 0 N–H and O–H groups in total. The molecule has 0 spiro atoms. The molecule has 13 heavy (non-hydrogen) atoms. The molecule has 1 aromatic rings. The lowest BCUT2D eigenvalue weighted by Crippen LogP contribution is -1.76. The van der Waals surface area contributed by atoms with Gasteiger partial charge in [-0.1, -0.05) is 23.2 Å². The molecule has 0 aliphatic heterocycles. The molecular weight excluding hydrogens is 361 g/mol. The molecule has 0 saturated heterocycles. The molecule has 0 atom stereocenters.